The molecule has 1 aromatic rings. The Morgan fingerprint density at radius 3 is 2.83 bits per heavy atom. The number of nitrogens with zero attached hydrogens (tertiary/aromatic N) is 1. The van der Waals surface area contributed by atoms with Gasteiger partial charge in [0.25, 0.3) is 5.24 Å². The Hall–Kier alpha value is -1.23. The van der Waals surface area contributed by atoms with Crippen LogP contribution in [0.5, 0.6) is 5.88 Å². The first-order valence-electron chi connectivity index (χ1n) is 3.22. The van der Waals surface area contributed by atoms with E-state index in [9.17, 15) is 4.79 Å². The van der Waals surface area contributed by atoms with Crippen LogP contribution in [0.3, 0.4) is 0 Å². The lowest BCUT2D eigenvalue weighted by atomic mass is 10.4. The van der Waals surface area contributed by atoms with Gasteiger partial charge in [-0.1, -0.05) is 12.6 Å². The van der Waals surface area contributed by atoms with E-state index in [0.29, 0.717) is 11.6 Å². The van der Waals surface area contributed by atoms with E-state index >= 15 is 0 Å². The number of amides is 1. The lowest BCUT2D eigenvalue weighted by Crippen LogP contribution is -2.01. The molecular weight excluding hydrogens is 176 g/mol. The van der Waals surface area contributed by atoms with Crippen molar-refractivity contribution < 1.29 is 9.53 Å². The fourth-order valence-electron chi connectivity index (χ4n) is 0.698. The molecule has 0 aromatic carbocycles. The number of carbonyl (C=O) groups excluding carboxylic acids is 1. The highest BCUT2D eigenvalue weighted by Crippen LogP contribution is 2.10. The van der Waals surface area contributed by atoms with Crippen molar-refractivity contribution in [2.75, 3.05) is 12.4 Å². The lowest BCUT2D eigenvalue weighted by molar-refractivity contribution is 0.270. The molecule has 1 aromatic heterocycles. The van der Waals surface area contributed by atoms with Crippen molar-refractivity contribution in [2.24, 2.45) is 0 Å². The van der Waals surface area contributed by atoms with E-state index in [-0.39, 0.29) is 0 Å². The van der Waals surface area contributed by atoms with Crippen molar-refractivity contribution in [3.8, 4) is 5.88 Å². The second-order valence-electron chi connectivity index (χ2n) is 2.02. The summed E-state index contributed by atoms with van der Waals surface area (Å²) >= 11 is 3.55. The van der Waals surface area contributed by atoms with E-state index in [4.69, 9.17) is 4.74 Å². The molecular formula is C7H8N2O2S. The number of nitrogens with one attached hydrogen (secondary N) is 1. The highest BCUT2D eigenvalue weighted by molar-refractivity contribution is 7.96. The van der Waals surface area contributed by atoms with E-state index in [2.05, 4.69) is 22.9 Å². The van der Waals surface area contributed by atoms with Crippen LogP contribution in [0.2, 0.25) is 0 Å². The molecule has 1 heterocycles. The summed E-state index contributed by atoms with van der Waals surface area (Å²) in [5.41, 5.74) is 0.593. The van der Waals surface area contributed by atoms with E-state index in [1.165, 1.54) is 13.3 Å². The summed E-state index contributed by atoms with van der Waals surface area (Å²) in [7, 11) is 1.53. The summed E-state index contributed by atoms with van der Waals surface area (Å²) in [6.45, 7) is 0. The standard InChI is InChI=1S/C7H8N2O2S/c1-11-6-3-2-5(4-8-6)9-7(10)12/h2-4H,1H3,(H2,9,10,12). The molecule has 0 aliphatic rings. The van der Waals surface area contributed by atoms with Crippen LogP contribution in [0.15, 0.2) is 18.3 Å². The van der Waals surface area contributed by atoms with Crippen LogP contribution in [-0.2, 0) is 0 Å². The topological polar surface area (TPSA) is 51.2 Å². The molecule has 0 spiro atoms. The molecule has 0 atom stereocenters. The Labute approximate surface area is 75.4 Å². The number of hydrogen-bond acceptors (Lipinski definition) is 3. The Kier molecular flexibility index (Phi) is 2.93. The van der Waals surface area contributed by atoms with Gasteiger partial charge in [0.05, 0.1) is 19.0 Å². The van der Waals surface area contributed by atoms with Crippen molar-refractivity contribution in [3.63, 3.8) is 0 Å². The Balaban J connectivity index is 2.71. The van der Waals surface area contributed by atoms with Gasteiger partial charge in [0.15, 0.2) is 0 Å². The van der Waals surface area contributed by atoms with E-state index in [1.807, 2.05) is 0 Å². The number of hydrogen-bond donors (Lipinski definition) is 2. The fourth-order valence-corrected chi connectivity index (χ4v) is 0.828. The summed E-state index contributed by atoms with van der Waals surface area (Å²) in [6.07, 6.45) is 1.49. The number of ether oxygens (including phenoxy) is 1. The number of pyridine rings is 1. The van der Waals surface area contributed by atoms with Crippen LogP contribution >= 0.6 is 12.6 Å². The quantitative estimate of drug-likeness (QED) is 0.686. The molecule has 0 aliphatic carbocycles. The monoisotopic (exact) mass is 184 g/mol. The summed E-state index contributed by atoms with van der Waals surface area (Å²) < 4.78 is 4.83. The fraction of sp³-hybridized carbons (Fsp3) is 0.143. The van der Waals surface area contributed by atoms with Crippen molar-refractivity contribution in [1.29, 1.82) is 0 Å². The largest absolute Gasteiger partial charge is 0.481 e. The third kappa shape index (κ3) is 2.43. The van der Waals surface area contributed by atoms with Gasteiger partial charge < -0.3 is 10.1 Å². The first-order chi connectivity index (χ1) is 5.72. The van der Waals surface area contributed by atoms with Crippen LogP contribution in [0.1, 0.15) is 0 Å². The van der Waals surface area contributed by atoms with Gasteiger partial charge in [0.1, 0.15) is 0 Å². The zero-order valence-electron chi connectivity index (χ0n) is 6.44. The zero-order chi connectivity index (χ0) is 8.97. The van der Waals surface area contributed by atoms with Gasteiger partial charge in [-0.2, -0.15) is 0 Å². The van der Waals surface area contributed by atoms with Gasteiger partial charge >= 0.3 is 0 Å². The first-order valence-corrected chi connectivity index (χ1v) is 3.67. The van der Waals surface area contributed by atoms with Crippen LogP contribution in [0, 0.1) is 0 Å². The molecule has 1 rings (SSSR count). The molecule has 0 saturated heterocycles. The average Bonchev–Trinajstić information content (AvgIpc) is 2.05. The summed E-state index contributed by atoms with van der Waals surface area (Å²) in [5, 5.41) is 2.05. The Morgan fingerprint density at radius 2 is 2.42 bits per heavy atom. The minimum absolute atomic E-state index is 0.415. The predicted molar refractivity (Wildman–Crippen MR) is 48.8 cm³/mol. The van der Waals surface area contributed by atoms with Crippen molar-refractivity contribution >= 4 is 23.6 Å². The van der Waals surface area contributed by atoms with Crippen LogP contribution in [0.25, 0.3) is 0 Å². The minimum atomic E-state index is -0.415. The molecule has 5 heteroatoms. The normalized spacial score (nSPS) is 9.17. The summed E-state index contributed by atoms with van der Waals surface area (Å²) in [4.78, 5) is 14.3. The van der Waals surface area contributed by atoms with Gasteiger partial charge in [-0.25, -0.2) is 4.98 Å². The molecule has 12 heavy (non-hydrogen) atoms. The highest BCUT2D eigenvalue weighted by atomic mass is 32.1. The molecule has 0 saturated carbocycles. The third-order valence-electron chi connectivity index (χ3n) is 1.20. The van der Waals surface area contributed by atoms with E-state index in [1.54, 1.807) is 12.1 Å². The van der Waals surface area contributed by atoms with E-state index in [0.717, 1.165) is 0 Å². The maximum absolute atomic E-state index is 10.5. The highest BCUT2D eigenvalue weighted by Gasteiger charge is 1.96. The SMILES string of the molecule is COc1ccc(NC(=O)S)cn1. The average molecular weight is 184 g/mol. The first kappa shape index (κ1) is 8.86. The smallest absolute Gasteiger partial charge is 0.280 e. The molecule has 1 N–H and O–H groups in total. The second kappa shape index (κ2) is 3.96. The maximum atomic E-state index is 10.5. The zero-order valence-corrected chi connectivity index (χ0v) is 7.34. The van der Waals surface area contributed by atoms with Crippen molar-refractivity contribution in [2.45, 2.75) is 0 Å². The molecule has 0 bridgehead atoms. The maximum Gasteiger partial charge on any atom is 0.280 e. The van der Waals surface area contributed by atoms with Crippen LogP contribution in [-0.4, -0.2) is 17.3 Å². The molecule has 1 amide bonds. The number of rotatable bonds is 2. The van der Waals surface area contributed by atoms with Crippen LogP contribution in [0.4, 0.5) is 10.5 Å². The molecule has 64 valence electrons. The lowest BCUT2D eigenvalue weighted by Gasteiger charge is -2.01. The van der Waals surface area contributed by atoms with Crippen molar-refractivity contribution in [3.05, 3.63) is 18.3 Å². The van der Waals surface area contributed by atoms with Gasteiger partial charge in [-0.3, -0.25) is 4.79 Å². The van der Waals surface area contributed by atoms with E-state index < -0.39 is 5.24 Å². The predicted octanol–water partition coefficient (Wildman–Crippen LogP) is 1.55. The van der Waals surface area contributed by atoms with Gasteiger partial charge in [0, 0.05) is 6.07 Å². The van der Waals surface area contributed by atoms with Gasteiger partial charge in [-0.05, 0) is 6.07 Å². The molecule has 0 unspecified atom stereocenters. The molecule has 4 nitrogen and oxygen atoms in total. The number of anilines is 1. The van der Waals surface area contributed by atoms with Gasteiger partial charge in [0.2, 0.25) is 5.88 Å². The Morgan fingerprint density at radius 1 is 1.67 bits per heavy atom. The molecule has 0 radical (unpaired) electrons. The Bertz CT molecular complexity index is 273. The summed E-state index contributed by atoms with van der Waals surface area (Å²) in [6, 6.07) is 3.33. The minimum Gasteiger partial charge on any atom is -0.481 e. The second-order valence-corrected chi connectivity index (χ2v) is 2.43. The van der Waals surface area contributed by atoms with Crippen molar-refractivity contribution in [1.82, 2.24) is 4.98 Å². The number of carbonyl (C=O) groups is 1. The van der Waals surface area contributed by atoms with Gasteiger partial charge in [-0.15, -0.1) is 0 Å². The number of methoxy groups -OCH3 is 1. The van der Waals surface area contributed by atoms with Crippen LogP contribution < -0.4 is 10.1 Å². The summed E-state index contributed by atoms with van der Waals surface area (Å²) in [5.74, 6) is 0.507. The third-order valence-corrected chi connectivity index (χ3v) is 1.31. The molecule has 0 aliphatic heterocycles. The molecule has 0 fully saturated rings. The number of aromatic nitrogens is 1. The number of thiol groups is 1.